The van der Waals surface area contributed by atoms with E-state index in [1.54, 1.807) is 0 Å². The monoisotopic (exact) mass is 266 g/mol. The maximum absolute atomic E-state index is 6.08. The Hall–Kier alpha value is -0.570. The number of hydrogen-bond acceptors (Lipinski definition) is 2. The number of halogens is 1. The van der Waals surface area contributed by atoms with Crippen molar-refractivity contribution in [1.29, 1.82) is 0 Å². The predicted molar refractivity (Wildman–Crippen MR) is 77.8 cm³/mol. The third kappa shape index (κ3) is 3.25. The average Bonchev–Trinajstić information content (AvgIpc) is 2.28. The molecular weight excluding hydrogens is 244 g/mol. The molecule has 3 heteroatoms. The number of likely N-dealkylation sites (tertiary alicyclic amines) is 1. The van der Waals surface area contributed by atoms with Crippen molar-refractivity contribution in [2.45, 2.75) is 26.3 Å². The summed E-state index contributed by atoms with van der Waals surface area (Å²) in [5.41, 5.74) is 7.23. The van der Waals surface area contributed by atoms with Gasteiger partial charge in [0.1, 0.15) is 0 Å². The molecule has 1 aliphatic rings. The van der Waals surface area contributed by atoms with Crippen LogP contribution in [0.25, 0.3) is 0 Å². The lowest BCUT2D eigenvalue weighted by Gasteiger charge is -2.40. The molecule has 18 heavy (non-hydrogen) atoms. The average molecular weight is 267 g/mol. The van der Waals surface area contributed by atoms with E-state index >= 15 is 0 Å². The third-order valence-corrected chi connectivity index (χ3v) is 4.03. The second-order valence-electron chi connectivity index (χ2n) is 5.71. The molecule has 1 saturated heterocycles. The van der Waals surface area contributed by atoms with E-state index in [0.717, 1.165) is 29.9 Å². The minimum absolute atomic E-state index is 0.300. The lowest BCUT2D eigenvalue weighted by atomic mass is 9.90. The van der Waals surface area contributed by atoms with Gasteiger partial charge in [-0.25, -0.2) is 0 Å². The van der Waals surface area contributed by atoms with E-state index in [1.807, 2.05) is 18.2 Å². The highest BCUT2D eigenvalue weighted by Crippen LogP contribution is 2.29. The van der Waals surface area contributed by atoms with E-state index in [0.29, 0.717) is 12.6 Å². The van der Waals surface area contributed by atoms with Crippen molar-refractivity contribution in [3.63, 3.8) is 0 Å². The zero-order valence-electron chi connectivity index (χ0n) is 11.3. The first-order chi connectivity index (χ1) is 8.60. The van der Waals surface area contributed by atoms with Crippen LogP contribution in [0.4, 0.5) is 0 Å². The lowest BCUT2D eigenvalue weighted by Crippen LogP contribution is -2.43. The van der Waals surface area contributed by atoms with E-state index in [9.17, 15) is 0 Å². The van der Waals surface area contributed by atoms with Crippen molar-refractivity contribution < 1.29 is 0 Å². The van der Waals surface area contributed by atoms with Crippen LogP contribution in [0.15, 0.2) is 24.3 Å². The molecule has 0 radical (unpaired) electrons. The van der Waals surface area contributed by atoms with Gasteiger partial charge in [0.2, 0.25) is 0 Å². The van der Waals surface area contributed by atoms with Gasteiger partial charge in [-0.05, 0) is 36.0 Å². The molecule has 1 aromatic carbocycles. The Morgan fingerprint density at radius 3 is 2.56 bits per heavy atom. The Morgan fingerprint density at radius 1 is 1.33 bits per heavy atom. The molecule has 0 bridgehead atoms. The van der Waals surface area contributed by atoms with Crippen LogP contribution in [-0.2, 0) is 0 Å². The van der Waals surface area contributed by atoms with E-state index in [4.69, 9.17) is 17.3 Å². The number of nitrogens with two attached hydrogens (primary N) is 1. The zero-order chi connectivity index (χ0) is 13.1. The van der Waals surface area contributed by atoms with Gasteiger partial charge in [-0.3, -0.25) is 4.90 Å². The smallest absolute Gasteiger partial charge is 0.0471 e. The summed E-state index contributed by atoms with van der Waals surface area (Å²) in [5.74, 6) is 1.50. The van der Waals surface area contributed by atoms with Crippen molar-refractivity contribution in [1.82, 2.24) is 4.90 Å². The molecule has 0 aliphatic carbocycles. The summed E-state index contributed by atoms with van der Waals surface area (Å²) in [5, 5.41) is 0.795. The Kier molecular flexibility index (Phi) is 4.66. The molecule has 0 spiro atoms. The molecule has 1 aliphatic heterocycles. The Balaban J connectivity index is 2.17. The largest absolute Gasteiger partial charge is 0.329 e. The molecular formula is C15H23ClN2. The first-order valence-corrected chi connectivity index (χ1v) is 7.17. The van der Waals surface area contributed by atoms with Gasteiger partial charge < -0.3 is 5.73 Å². The first-order valence-electron chi connectivity index (χ1n) is 6.79. The van der Waals surface area contributed by atoms with Gasteiger partial charge in [0.05, 0.1) is 0 Å². The fourth-order valence-corrected chi connectivity index (χ4v) is 3.37. The normalized spacial score (nSPS) is 27.1. The highest BCUT2D eigenvalue weighted by molar-refractivity contribution is 6.30. The molecule has 3 atom stereocenters. The van der Waals surface area contributed by atoms with Crippen LogP contribution in [0.1, 0.15) is 31.9 Å². The van der Waals surface area contributed by atoms with E-state index < -0.39 is 0 Å². The van der Waals surface area contributed by atoms with E-state index in [-0.39, 0.29) is 0 Å². The molecule has 0 amide bonds. The summed E-state index contributed by atoms with van der Waals surface area (Å²) in [7, 11) is 0. The molecule has 0 aromatic heterocycles. The maximum Gasteiger partial charge on any atom is 0.0471 e. The number of benzene rings is 1. The molecule has 1 heterocycles. The zero-order valence-corrected chi connectivity index (χ0v) is 12.0. The second-order valence-corrected chi connectivity index (χ2v) is 6.14. The topological polar surface area (TPSA) is 29.3 Å². The molecule has 2 N–H and O–H groups in total. The molecule has 0 saturated carbocycles. The van der Waals surface area contributed by atoms with Gasteiger partial charge in [-0.1, -0.05) is 37.6 Å². The second kappa shape index (κ2) is 6.05. The maximum atomic E-state index is 6.08. The molecule has 2 rings (SSSR count). The number of piperidine rings is 1. The highest BCUT2D eigenvalue weighted by atomic mass is 35.5. The minimum atomic E-state index is 0.300. The van der Waals surface area contributed by atoms with Gasteiger partial charge in [0, 0.05) is 30.7 Å². The molecule has 1 unspecified atom stereocenters. The Labute approximate surface area is 115 Å². The SMILES string of the molecule is C[C@@H]1C[C@H](C)CN(C(CN)c2cccc(Cl)c2)C1. The molecule has 2 nitrogen and oxygen atoms in total. The third-order valence-electron chi connectivity index (χ3n) is 3.79. The van der Waals surface area contributed by atoms with Crippen LogP contribution in [0.5, 0.6) is 0 Å². The van der Waals surface area contributed by atoms with Gasteiger partial charge >= 0.3 is 0 Å². The fraction of sp³-hybridized carbons (Fsp3) is 0.600. The van der Waals surface area contributed by atoms with Crippen molar-refractivity contribution in [3.05, 3.63) is 34.9 Å². The van der Waals surface area contributed by atoms with E-state index in [1.165, 1.54) is 12.0 Å². The van der Waals surface area contributed by atoms with Crippen molar-refractivity contribution >= 4 is 11.6 Å². The quantitative estimate of drug-likeness (QED) is 0.909. The van der Waals surface area contributed by atoms with Crippen molar-refractivity contribution in [2.24, 2.45) is 17.6 Å². The Bertz CT molecular complexity index is 384. The summed E-state index contributed by atoms with van der Waals surface area (Å²) in [4.78, 5) is 2.52. The summed E-state index contributed by atoms with van der Waals surface area (Å²) in [6, 6.07) is 8.40. The molecule has 1 aromatic rings. The lowest BCUT2D eigenvalue weighted by molar-refractivity contribution is 0.0984. The van der Waals surface area contributed by atoms with Crippen LogP contribution in [-0.4, -0.2) is 24.5 Å². The summed E-state index contributed by atoms with van der Waals surface area (Å²) >= 11 is 6.08. The summed E-state index contributed by atoms with van der Waals surface area (Å²) in [6.07, 6.45) is 1.32. The molecule has 100 valence electrons. The van der Waals surface area contributed by atoms with Crippen LogP contribution in [0.2, 0.25) is 5.02 Å². The highest BCUT2D eigenvalue weighted by Gasteiger charge is 2.27. The van der Waals surface area contributed by atoms with Crippen LogP contribution >= 0.6 is 11.6 Å². The van der Waals surface area contributed by atoms with Gasteiger partial charge in [0.15, 0.2) is 0 Å². The van der Waals surface area contributed by atoms with Gasteiger partial charge in [-0.2, -0.15) is 0 Å². The van der Waals surface area contributed by atoms with E-state index in [2.05, 4.69) is 24.8 Å². The summed E-state index contributed by atoms with van der Waals surface area (Å²) in [6.45, 7) is 7.58. The first kappa shape index (κ1) is 13.9. The van der Waals surface area contributed by atoms with Crippen LogP contribution < -0.4 is 5.73 Å². The van der Waals surface area contributed by atoms with Gasteiger partial charge in [-0.15, -0.1) is 0 Å². The summed E-state index contributed by atoms with van der Waals surface area (Å²) < 4.78 is 0. The fourth-order valence-electron chi connectivity index (χ4n) is 3.18. The molecule has 1 fully saturated rings. The number of rotatable bonds is 3. The standard InChI is InChI=1S/C15H23ClN2/c1-11-6-12(2)10-18(9-11)15(8-17)13-4-3-5-14(16)7-13/h3-5,7,11-12,15H,6,8-10,17H2,1-2H3/t11-,12+,15?. The Morgan fingerprint density at radius 2 is 2.00 bits per heavy atom. The minimum Gasteiger partial charge on any atom is -0.329 e. The number of nitrogens with zero attached hydrogens (tertiary/aromatic N) is 1. The number of hydrogen-bond donors (Lipinski definition) is 1. The van der Waals surface area contributed by atoms with Crippen molar-refractivity contribution in [2.75, 3.05) is 19.6 Å². The van der Waals surface area contributed by atoms with Crippen LogP contribution in [0.3, 0.4) is 0 Å². The predicted octanol–water partition coefficient (Wildman–Crippen LogP) is 3.32. The van der Waals surface area contributed by atoms with Crippen molar-refractivity contribution in [3.8, 4) is 0 Å². The van der Waals surface area contributed by atoms with Gasteiger partial charge in [0.25, 0.3) is 0 Å². The van der Waals surface area contributed by atoms with Crippen LogP contribution in [0, 0.1) is 11.8 Å².